The van der Waals surface area contributed by atoms with Gasteiger partial charge < -0.3 is 9.47 Å². The van der Waals surface area contributed by atoms with Gasteiger partial charge in [-0.25, -0.2) is 5.14 Å². The third-order valence-electron chi connectivity index (χ3n) is 3.31. The van der Waals surface area contributed by atoms with E-state index in [0.717, 1.165) is 5.56 Å². The third kappa shape index (κ3) is 5.19. The summed E-state index contributed by atoms with van der Waals surface area (Å²) in [6, 6.07) is 7.51. The molecule has 0 aromatic heterocycles. The minimum atomic E-state index is -3.95. The average Bonchev–Trinajstić information content (AvgIpc) is 2.65. The number of rotatable bonds is 6. The molecule has 8 heteroatoms. The van der Waals surface area contributed by atoms with E-state index in [1.807, 2.05) is 38.1 Å². The van der Waals surface area contributed by atoms with Crippen LogP contribution in [-0.4, -0.2) is 33.0 Å². The monoisotopic (exact) mass is 349 g/mol. The highest BCUT2D eigenvalue weighted by molar-refractivity contribution is 7.84. The van der Waals surface area contributed by atoms with E-state index in [0.29, 0.717) is 17.9 Å². The normalized spacial score (nSPS) is 24.5. The Kier molecular flexibility index (Phi) is 5.47. The van der Waals surface area contributed by atoms with Crippen LogP contribution in [0.3, 0.4) is 0 Å². The second-order valence-electron chi connectivity index (χ2n) is 5.61. The summed E-state index contributed by atoms with van der Waals surface area (Å²) in [4.78, 5) is 0. The highest BCUT2D eigenvalue weighted by Gasteiger charge is 2.41. The zero-order valence-electron chi connectivity index (χ0n) is 12.5. The first-order chi connectivity index (χ1) is 10.2. The molecule has 0 aliphatic carbocycles. The van der Waals surface area contributed by atoms with E-state index in [4.69, 9.17) is 26.2 Å². The maximum atomic E-state index is 10.8. The second-order valence-corrected chi connectivity index (χ2v) is 7.24. The van der Waals surface area contributed by atoms with E-state index in [2.05, 4.69) is 4.18 Å². The number of hydrogen-bond acceptors (Lipinski definition) is 5. The molecule has 0 spiro atoms. The summed E-state index contributed by atoms with van der Waals surface area (Å²) in [6.45, 7) is 3.57. The number of halogens is 1. The Balaban J connectivity index is 2.02. The van der Waals surface area contributed by atoms with E-state index in [1.165, 1.54) is 0 Å². The van der Waals surface area contributed by atoms with Gasteiger partial charge in [0.05, 0.1) is 18.8 Å². The molecule has 0 saturated carbocycles. The minimum absolute atomic E-state index is 0.0536. The van der Waals surface area contributed by atoms with Crippen molar-refractivity contribution >= 4 is 21.9 Å². The molecule has 0 amide bonds. The Morgan fingerprint density at radius 3 is 2.55 bits per heavy atom. The molecule has 1 saturated heterocycles. The Morgan fingerprint density at radius 1 is 1.27 bits per heavy atom. The summed E-state index contributed by atoms with van der Waals surface area (Å²) in [5, 5.41) is 5.47. The number of benzene rings is 1. The Bertz CT molecular complexity index is 619. The first-order valence-corrected chi connectivity index (χ1v) is 8.77. The summed E-state index contributed by atoms with van der Waals surface area (Å²) < 4.78 is 37.9. The van der Waals surface area contributed by atoms with E-state index < -0.39 is 16.1 Å². The van der Waals surface area contributed by atoms with Gasteiger partial charge in [0.2, 0.25) is 0 Å². The lowest BCUT2D eigenvalue weighted by Gasteiger charge is -2.17. The molecule has 1 aliphatic heterocycles. The molecular formula is C14H20ClNO5S. The van der Waals surface area contributed by atoms with Crippen LogP contribution in [-0.2, 0) is 30.4 Å². The maximum Gasteiger partial charge on any atom is 0.333 e. The summed E-state index contributed by atoms with van der Waals surface area (Å²) >= 11 is 6.17. The van der Waals surface area contributed by atoms with Gasteiger partial charge in [0.1, 0.15) is 0 Å². The molecule has 1 aromatic rings. The van der Waals surface area contributed by atoms with Crippen molar-refractivity contribution in [2.24, 2.45) is 5.14 Å². The summed E-state index contributed by atoms with van der Waals surface area (Å²) in [5.41, 5.74) is 0.952. The SMILES string of the molecule is CC1(C)O[C@H](CCOS(N)(=O)=O)[C@@H](Cc2ccccc2Cl)O1. The molecule has 2 atom stereocenters. The van der Waals surface area contributed by atoms with Crippen LogP contribution < -0.4 is 5.14 Å². The molecule has 0 unspecified atom stereocenters. The van der Waals surface area contributed by atoms with Crippen molar-refractivity contribution in [3.63, 3.8) is 0 Å². The predicted octanol–water partition coefficient (Wildman–Crippen LogP) is 2.01. The van der Waals surface area contributed by atoms with Crippen molar-refractivity contribution < 1.29 is 22.1 Å². The van der Waals surface area contributed by atoms with Gasteiger partial charge in [0.15, 0.2) is 5.79 Å². The molecule has 1 heterocycles. The average molecular weight is 350 g/mol. The largest absolute Gasteiger partial charge is 0.344 e. The molecule has 0 bridgehead atoms. The molecule has 124 valence electrons. The molecule has 0 radical (unpaired) electrons. The molecule has 1 aromatic carbocycles. The molecule has 6 nitrogen and oxygen atoms in total. The fraction of sp³-hybridized carbons (Fsp3) is 0.571. The van der Waals surface area contributed by atoms with Gasteiger partial charge in [-0.3, -0.25) is 4.18 Å². The van der Waals surface area contributed by atoms with Crippen LogP contribution in [0.5, 0.6) is 0 Å². The van der Waals surface area contributed by atoms with Gasteiger partial charge in [0.25, 0.3) is 0 Å². The first-order valence-electron chi connectivity index (χ1n) is 6.92. The molecule has 2 rings (SSSR count). The smallest absolute Gasteiger partial charge is 0.333 e. The molecule has 2 N–H and O–H groups in total. The summed E-state index contributed by atoms with van der Waals surface area (Å²) in [7, 11) is -3.95. The fourth-order valence-corrected chi connectivity index (χ4v) is 3.03. The van der Waals surface area contributed by atoms with Crippen LogP contribution in [0, 0.1) is 0 Å². The van der Waals surface area contributed by atoms with Gasteiger partial charge in [-0.2, -0.15) is 8.42 Å². The van der Waals surface area contributed by atoms with Gasteiger partial charge in [0, 0.05) is 17.9 Å². The van der Waals surface area contributed by atoms with Gasteiger partial charge in [-0.15, -0.1) is 0 Å². The molecule has 22 heavy (non-hydrogen) atoms. The van der Waals surface area contributed by atoms with Crippen molar-refractivity contribution in [2.75, 3.05) is 6.61 Å². The fourth-order valence-electron chi connectivity index (χ4n) is 2.49. The topological polar surface area (TPSA) is 87.9 Å². The zero-order chi connectivity index (χ0) is 16.4. The van der Waals surface area contributed by atoms with Gasteiger partial charge >= 0.3 is 10.3 Å². The Morgan fingerprint density at radius 2 is 1.91 bits per heavy atom. The van der Waals surface area contributed by atoms with Crippen molar-refractivity contribution in [2.45, 2.75) is 44.7 Å². The van der Waals surface area contributed by atoms with Gasteiger partial charge in [-0.1, -0.05) is 29.8 Å². The van der Waals surface area contributed by atoms with Crippen molar-refractivity contribution in [1.82, 2.24) is 0 Å². The van der Waals surface area contributed by atoms with E-state index in [-0.39, 0.29) is 18.8 Å². The molecule has 1 aliphatic rings. The number of nitrogens with two attached hydrogens (primary N) is 1. The predicted molar refractivity (Wildman–Crippen MR) is 82.7 cm³/mol. The van der Waals surface area contributed by atoms with Crippen molar-refractivity contribution in [3.05, 3.63) is 34.9 Å². The number of ether oxygens (including phenoxy) is 2. The lowest BCUT2D eigenvalue weighted by Crippen LogP contribution is -2.27. The van der Waals surface area contributed by atoms with Crippen LogP contribution >= 0.6 is 11.6 Å². The minimum Gasteiger partial charge on any atom is -0.344 e. The highest BCUT2D eigenvalue weighted by Crippen LogP contribution is 2.33. The maximum absolute atomic E-state index is 10.8. The first kappa shape index (κ1) is 17.7. The molecule has 1 fully saturated rings. The van der Waals surface area contributed by atoms with Crippen LogP contribution in [0.25, 0.3) is 0 Å². The quantitative estimate of drug-likeness (QED) is 0.848. The second kappa shape index (κ2) is 6.82. The van der Waals surface area contributed by atoms with E-state index in [1.54, 1.807) is 0 Å². The lowest BCUT2D eigenvalue weighted by molar-refractivity contribution is -0.146. The standard InChI is InChI=1S/C14H20ClNO5S/c1-14(2)20-12(7-8-19-22(16,17)18)13(21-14)9-10-5-3-4-6-11(10)15/h3-6,12-13H,7-9H2,1-2H3,(H2,16,17,18)/t12-,13-/m1/s1. The molecular weight excluding hydrogens is 330 g/mol. The Hall–Kier alpha value is -0.700. The highest BCUT2D eigenvalue weighted by atomic mass is 35.5. The summed E-state index contributed by atoms with van der Waals surface area (Å²) in [5.74, 6) is -0.738. The van der Waals surface area contributed by atoms with Crippen LogP contribution in [0.1, 0.15) is 25.8 Å². The van der Waals surface area contributed by atoms with E-state index in [9.17, 15) is 8.42 Å². The van der Waals surface area contributed by atoms with Crippen LogP contribution in [0.2, 0.25) is 5.02 Å². The van der Waals surface area contributed by atoms with E-state index >= 15 is 0 Å². The van der Waals surface area contributed by atoms with Crippen LogP contribution in [0.15, 0.2) is 24.3 Å². The summed E-state index contributed by atoms with van der Waals surface area (Å²) in [6.07, 6.45) is 0.394. The Labute approximate surface area is 135 Å². The lowest BCUT2D eigenvalue weighted by atomic mass is 10.0. The number of hydrogen-bond donors (Lipinski definition) is 1. The third-order valence-corrected chi connectivity index (χ3v) is 4.18. The van der Waals surface area contributed by atoms with Crippen molar-refractivity contribution in [3.8, 4) is 0 Å². The zero-order valence-corrected chi connectivity index (χ0v) is 14.1. The van der Waals surface area contributed by atoms with Crippen LogP contribution in [0.4, 0.5) is 0 Å². The van der Waals surface area contributed by atoms with Crippen molar-refractivity contribution in [1.29, 1.82) is 0 Å². The van der Waals surface area contributed by atoms with Gasteiger partial charge in [-0.05, 0) is 25.5 Å².